The molecule has 1 atom stereocenters. The van der Waals surface area contributed by atoms with Gasteiger partial charge in [-0.2, -0.15) is 5.10 Å². The van der Waals surface area contributed by atoms with Gasteiger partial charge in [-0.1, -0.05) is 0 Å². The number of carbonyl (C=O) groups excluding carboxylic acids is 2. The van der Waals surface area contributed by atoms with Crippen LogP contribution in [0.15, 0.2) is 18.5 Å². The highest BCUT2D eigenvalue weighted by atomic mass is 16.2. The number of rotatable bonds is 5. The van der Waals surface area contributed by atoms with Gasteiger partial charge in [-0.3, -0.25) is 14.3 Å². The molecule has 2 aromatic heterocycles. The fourth-order valence-corrected chi connectivity index (χ4v) is 3.22. The summed E-state index contributed by atoms with van der Waals surface area (Å²) in [6, 6.07) is 1.80. The average molecular weight is 342 g/mol. The van der Waals surface area contributed by atoms with E-state index in [4.69, 9.17) is 5.73 Å². The van der Waals surface area contributed by atoms with E-state index in [-0.39, 0.29) is 24.3 Å². The van der Waals surface area contributed by atoms with Gasteiger partial charge in [0.1, 0.15) is 5.82 Å². The van der Waals surface area contributed by atoms with Gasteiger partial charge in [0, 0.05) is 31.9 Å². The van der Waals surface area contributed by atoms with Crippen molar-refractivity contribution in [3.63, 3.8) is 0 Å². The van der Waals surface area contributed by atoms with Crippen molar-refractivity contribution in [2.45, 2.75) is 38.6 Å². The second-order valence-electron chi connectivity index (χ2n) is 6.36. The summed E-state index contributed by atoms with van der Waals surface area (Å²) in [6.45, 7) is 2.51. The molecule has 0 bridgehead atoms. The first-order valence-corrected chi connectivity index (χ1v) is 8.36. The fraction of sp³-hybridized carbons (Fsp3) is 0.471. The molecule has 3 rings (SSSR count). The Morgan fingerprint density at radius 3 is 2.84 bits per heavy atom. The average Bonchev–Trinajstić information content (AvgIpc) is 3.20. The minimum absolute atomic E-state index is 0.0365. The van der Waals surface area contributed by atoms with Crippen LogP contribution in [0.25, 0.3) is 0 Å². The molecule has 1 fully saturated rings. The van der Waals surface area contributed by atoms with Gasteiger partial charge in [-0.15, -0.1) is 0 Å². The van der Waals surface area contributed by atoms with Crippen LogP contribution in [-0.2, 0) is 18.3 Å². The quantitative estimate of drug-likeness (QED) is 0.869. The Morgan fingerprint density at radius 2 is 2.16 bits per heavy atom. The Balaban J connectivity index is 1.84. The van der Waals surface area contributed by atoms with Crippen molar-refractivity contribution in [2.24, 2.45) is 12.8 Å². The topological polar surface area (TPSA) is 107 Å². The molecule has 1 aliphatic rings. The molecule has 2 amide bonds. The van der Waals surface area contributed by atoms with E-state index in [9.17, 15) is 9.59 Å². The van der Waals surface area contributed by atoms with Gasteiger partial charge in [-0.25, -0.2) is 9.97 Å². The molecular weight excluding hydrogens is 320 g/mol. The standard InChI is InChI=1S/C17H22N6O2/c1-11-20-13(5-6-16(18)24)8-14(21-11)15-4-3-7-23(15)17(25)12-9-19-22(2)10-12/h8-10,15H,3-7H2,1-2H3,(H2,18,24). The highest BCUT2D eigenvalue weighted by Crippen LogP contribution is 2.32. The van der Waals surface area contributed by atoms with Crippen molar-refractivity contribution >= 4 is 11.8 Å². The maximum Gasteiger partial charge on any atom is 0.257 e. The van der Waals surface area contributed by atoms with Gasteiger partial charge >= 0.3 is 0 Å². The van der Waals surface area contributed by atoms with Gasteiger partial charge in [0.15, 0.2) is 0 Å². The molecule has 0 spiro atoms. The van der Waals surface area contributed by atoms with E-state index in [0.29, 0.717) is 24.4 Å². The lowest BCUT2D eigenvalue weighted by Crippen LogP contribution is -2.31. The van der Waals surface area contributed by atoms with Crippen LogP contribution in [0.2, 0.25) is 0 Å². The van der Waals surface area contributed by atoms with Crippen molar-refractivity contribution in [3.05, 3.63) is 41.2 Å². The predicted octanol–water partition coefficient (Wildman–Crippen LogP) is 0.914. The van der Waals surface area contributed by atoms with Crippen LogP contribution in [0, 0.1) is 6.92 Å². The second kappa shape index (κ2) is 7.00. The number of carbonyl (C=O) groups is 2. The number of likely N-dealkylation sites (tertiary alicyclic amines) is 1. The third-order valence-corrected chi connectivity index (χ3v) is 4.35. The lowest BCUT2D eigenvalue weighted by molar-refractivity contribution is -0.118. The summed E-state index contributed by atoms with van der Waals surface area (Å²) >= 11 is 0. The molecule has 1 aliphatic heterocycles. The van der Waals surface area contributed by atoms with E-state index in [1.807, 2.05) is 17.9 Å². The van der Waals surface area contributed by atoms with Crippen LogP contribution in [0.1, 0.15) is 52.9 Å². The van der Waals surface area contributed by atoms with Crippen LogP contribution < -0.4 is 5.73 Å². The highest BCUT2D eigenvalue weighted by molar-refractivity contribution is 5.94. The maximum absolute atomic E-state index is 12.8. The number of nitrogens with two attached hydrogens (primary N) is 1. The Morgan fingerprint density at radius 1 is 1.36 bits per heavy atom. The van der Waals surface area contributed by atoms with Crippen LogP contribution >= 0.6 is 0 Å². The first-order valence-electron chi connectivity index (χ1n) is 8.36. The Hall–Kier alpha value is -2.77. The van der Waals surface area contributed by atoms with Gasteiger partial charge in [0.05, 0.1) is 23.5 Å². The largest absolute Gasteiger partial charge is 0.370 e. The summed E-state index contributed by atoms with van der Waals surface area (Å²) < 4.78 is 1.62. The molecular formula is C17H22N6O2. The molecule has 0 radical (unpaired) electrons. The summed E-state index contributed by atoms with van der Waals surface area (Å²) in [5.74, 6) is 0.246. The summed E-state index contributed by atoms with van der Waals surface area (Å²) in [6.07, 6.45) is 5.82. The molecule has 1 saturated heterocycles. The number of hydrogen-bond acceptors (Lipinski definition) is 5. The van der Waals surface area contributed by atoms with Gasteiger partial charge < -0.3 is 10.6 Å². The molecule has 25 heavy (non-hydrogen) atoms. The zero-order chi connectivity index (χ0) is 18.0. The van der Waals surface area contributed by atoms with Crippen LogP contribution in [0.3, 0.4) is 0 Å². The molecule has 1 unspecified atom stereocenters. The van der Waals surface area contributed by atoms with E-state index < -0.39 is 0 Å². The van der Waals surface area contributed by atoms with Crippen molar-refractivity contribution in [1.82, 2.24) is 24.6 Å². The second-order valence-corrected chi connectivity index (χ2v) is 6.36. The normalized spacial score (nSPS) is 17.0. The SMILES string of the molecule is Cc1nc(CCC(N)=O)cc(C2CCCN2C(=O)c2cnn(C)c2)n1. The van der Waals surface area contributed by atoms with Crippen molar-refractivity contribution in [2.75, 3.05) is 6.54 Å². The first kappa shape index (κ1) is 17.1. The van der Waals surface area contributed by atoms with Gasteiger partial charge in [0.25, 0.3) is 5.91 Å². The Labute approximate surface area is 146 Å². The molecule has 2 aromatic rings. The molecule has 0 aliphatic carbocycles. The minimum Gasteiger partial charge on any atom is -0.370 e. The number of primary amides is 1. The third-order valence-electron chi connectivity index (χ3n) is 4.35. The molecule has 3 heterocycles. The molecule has 8 heteroatoms. The Bertz CT molecular complexity index is 800. The molecule has 2 N–H and O–H groups in total. The summed E-state index contributed by atoms with van der Waals surface area (Å²) in [7, 11) is 1.79. The highest BCUT2D eigenvalue weighted by Gasteiger charge is 2.32. The summed E-state index contributed by atoms with van der Waals surface area (Å²) in [4.78, 5) is 34.6. The van der Waals surface area contributed by atoms with E-state index in [0.717, 1.165) is 24.2 Å². The number of nitrogens with zero attached hydrogens (tertiary/aromatic N) is 5. The van der Waals surface area contributed by atoms with Crippen LogP contribution in [0.5, 0.6) is 0 Å². The zero-order valence-electron chi connectivity index (χ0n) is 14.5. The monoisotopic (exact) mass is 342 g/mol. The molecule has 0 saturated carbocycles. The Kier molecular flexibility index (Phi) is 4.78. The van der Waals surface area contributed by atoms with Crippen LogP contribution in [-0.4, -0.2) is 43.0 Å². The first-order chi connectivity index (χ1) is 11.9. The summed E-state index contributed by atoms with van der Waals surface area (Å²) in [5, 5.41) is 4.08. The van der Waals surface area contributed by atoms with E-state index in [1.54, 1.807) is 24.1 Å². The van der Waals surface area contributed by atoms with Gasteiger partial charge in [-0.05, 0) is 32.3 Å². The van der Waals surface area contributed by atoms with Crippen molar-refractivity contribution in [1.29, 1.82) is 0 Å². The molecule has 132 valence electrons. The van der Waals surface area contributed by atoms with E-state index >= 15 is 0 Å². The van der Waals surface area contributed by atoms with E-state index in [2.05, 4.69) is 15.1 Å². The van der Waals surface area contributed by atoms with Crippen molar-refractivity contribution in [3.8, 4) is 0 Å². The molecule has 0 aromatic carbocycles. The lowest BCUT2D eigenvalue weighted by atomic mass is 10.1. The lowest BCUT2D eigenvalue weighted by Gasteiger charge is -2.24. The minimum atomic E-state index is -0.355. The van der Waals surface area contributed by atoms with E-state index in [1.165, 1.54) is 0 Å². The van der Waals surface area contributed by atoms with Crippen LogP contribution in [0.4, 0.5) is 0 Å². The van der Waals surface area contributed by atoms with Crippen molar-refractivity contribution < 1.29 is 9.59 Å². The number of amides is 2. The maximum atomic E-state index is 12.8. The zero-order valence-corrected chi connectivity index (χ0v) is 14.5. The smallest absolute Gasteiger partial charge is 0.257 e. The number of aryl methyl sites for hydroxylation is 3. The number of aromatic nitrogens is 4. The molecule has 8 nitrogen and oxygen atoms in total. The summed E-state index contributed by atoms with van der Waals surface area (Å²) in [5.41, 5.74) is 7.40. The predicted molar refractivity (Wildman–Crippen MR) is 90.5 cm³/mol. The number of hydrogen-bond donors (Lipinski definition) is 1. The fourth-order valence-electron chi connectivity index (χ4n) is 3.22. The third kappa shape index (κ3) is 3.84. The van der Waals surface area contributed by atoms with Gasteiger partial charge in [0.2, 0.25) is 5.91 Å².